The van der Waals surface area contributed by atoms with Gasteiger partial charge >= 0.3 is 6.03 Å². The Kier molecular flexibility index (Phi) is 5.30. The summed E-state index contributed by atoms with van der Waals surface area (Å²) in [5, 5.41) is 2.84. The van der Waals surface area contributed by atoms with Gasteiger partial charge in [-0.2, -0.15) is 0 Å². The first kappa shape index (κ1) is 19.1. The Morgan fingerprint density at radius 2 is 1.93 bits per heavy atom. The zero-order valence-electron chi connectivity index (χ0n) is 15.7. The fourth-order valence-electron chi connectivity index (χ4n) is 3.21. The monoisotopic (exact) mass is 374 g/mol. The Morgan fingerprint density at radius 3 is 2.52 bits per heavy atom. The van der Waals surface area contributed by atoms with E-state index >= 15 is 0 Å². The second kappa shape index (κ2) is 7.50. The summed E-state index contributed by atoms with van der Waals surface area (Å²) in [6.07, 6.45) is 1.56. The Hall–Kier alpha value is -2.70. The van der Waals surface area contributed by atoms with Gasteiger partial charge < -0.3 is 15.1 Å². The molecule has 1 N–H and O–H groups in total. The number of pyridine rings is 1. The maximum Gasteiger partial charge on any atom is 0.322 e. The van der Waals surface area contributed by atoms with Crippen molar-refractivity contribution in [3.8, 4) is 0 Å². The van der Waals surface area contributed by atoms with Crippen molar-refractivity contribution in [3.05, 3.63) is 54.0 Å². The fraction of sp³-hybridized carbons (Fsp3) is 0.400. The van der Waals surface area contributed by atoms with Crippen molar-refractivity contribution in [1.82, 2.24) is 9.88 Å². The number of piperazine rings is 1. The Balaban J connectivity index is 1.62. The van der Waals surface area contributed by atoms with E-state index in [-0.39, 0.29) is 17.9 Å². The van der Waals surface area contributed by atoms with Crippen molar-refractivity contribution in [2.45, 2.75) is 32.5 Å². The Morgan fingerprint density at radius 1 is 1.22 bits per heavy atom. The van der Waals surface area contributed by atoms with Crippen molar-refractivity contribution < 1.29 is 13.6 Å². The normalized spacial score (nSPS) is 17.7. The van der Waals surface area contributed by atoms with Crippen LogP contribution in [-0.4, -0.2) is 41.6 Å². The maximum absolute atomic E-state index is 13.9. The fourth-order valence-corrected chi connectivity index (χ4v) is 3.21. The quantitative estimate of drug-likeness (QED) is 0.877. The highest BCUT2D eigenvalue weighted by molar-refractivity contribution is 5.89. The van der Waals surface area contributed by atoms with Crippen LogP contribution in [0.1, 0.15) is 26.3 Å². The molecule has 0 aliphatic carbocycles. The van der Waals surface area contributed by atoms with Gasteiger partial charge in [0.05, 0.1) is 0 Å². The highest BCUT2D eigenvalue weighted by atomic mass is 19.1. The van der Waals surface area contributed by atoms with Crippen molar-refractivity contribution >= 4 is 17.5 Å². The number of carbonyl (C=O) groups is 1. The van der Waals surface area contributed by atoms with Crippen molar-refractivity contribution in [3.63, 3.8) is 0 Å². The second-order valence-electron chi connectivity index (χ2n) is 7.28. The molecule has 2 amide bonds. The van der Waals surface area contributed by atoms with E-state index in [0.29, 0.717) is 36.7 Å². The summed E-state index contributed by atoms with van der Waals surface area (Å²) in [4.78, 5) is 20.3. The topological polar surface area (TPSA) is 48.5 Å². The van der Waals surface area contributed by atoms with Gasteiger partial charge in [-0.25, -0.2) is 18.6 Å². The van der Waals surface area contributed by atoms with E-state index in [9.17, 15) is 13.6 Å². The van der Waals surface area contributed by atoms with Crippen LogP contribution in [0.15, 0.2) is 42.6 Å². The van der Waals surface area contributed by atoms with Crippen LogP contribution in [-0.2, 0) is 5.67 Å². The number of carbonyl (C=O) groups excluding carboxylic acids is 1. The second-order valence-corrected chi connectivity index (χ2v) is 7.28. The molecule has 27 heavy (non-hydrogen) atoms. The average molecular weight is 374 g/mol. The van der Waals surface area contributed by atoms with Gasteiger partial charge in [-0.3, -0.25) is 0 Å². The van der Waals surface area contributed by atoms with Gasteiger partial charge in [0.25, 0.3) is 0 Å². The van der Waals surface area contributed by atoms with Gasteiger partial charge in [0, 0.05) is 37.6 Å². The number of hydrogen-bond donors (Lipinski definition) is 1. The number of amides is 2. The molecule has 0 bridgehead atoms. The standard InChI is InChI=1S/C20H24F2N4O/c1-14-13-25(18-17(21)5-4-10-23-18)11-12-26(14)19(27)24-16-8-6-15(7-9-16)20(2,3)22/h4-10,14H,11-13H2,1-3H3,(H,24,27)/t14-/m1/s1. The van der Waals surface area contributed by atoms with E-state index in [1.807, 2.05) is 11.8 Å². The molecule has 1 aliphatic heterocycles. The molecule has 0 unspecified atom stereocenters. The van der Waals surface area contributed by atoms with Crippen LogP contribution in [0, 0.1) is 5.82 Å². The first-order valence-corrected chi connectivity index (χ1v) is 8.98. The summed E-state index contributed by atoms with van der Waals surface area (Å²) >= 11 is 0. The van der Waals surface area contributed by atoms with E-state index in [0.717, 1.165) is 0 Å². The number of alkyl halides is 1. The van der Waals surface area contributed by atoms with E-state index < -0.39 is 5.67 Å². The molecule has 1 aromatic heterocycles. The third kappa shape index (κ3) is 4.35. The third-order valence-corrected chi connectivity index (χ3v) is 4.75. The average Bonchev–Trinajstić information content (AvgIpc) is 2.61. The number of rotatable bonds is 3. The van der Waals surface area contributed by atoms with Crippen LogP contribution in [0.3, 0.4) is 0 Å². The molecule has 2 heterocycles. The van der Waals surface area contributed by atoms with Gasteiger partial charge in [-0.1, -0.05) is 12.1 Å². The van der Waals surface area contributed by atoms with Crippen molar-refractivity contribution in [1.29, 1.82) is 0 Å². The first-order chi connectivity index (χ1) is 12.8. The Bertz CT molecular complexity index is 804. The zero-order valence-corrected chi connectivity index (χ0v) is 15.7. The van der Waals surface area contributed by atoms with E-state index in [2.05, 4.69) is 10.3 Å². The molecule has 1 aromatic carbocycles. The summed E-state index contributed by atoms with van der Waals surface area (Å²) in [5.74, 6) is -0.0488. The number of halogens is 2. The summed E-state index contributed by atoms with van der Waals surface area (Å²) in [5.41, 5.74) is -0.257. The van der Waals surface area contributed by atoms with Crippen LogP contribution in [0.4, 0.5) is 25.1 Å². The van der Waals surface area contributed by atoms with Crippen LogP contribution < -0.4 is 10.2 Å². The summed E-state index contributed by atoms with van der Waals surface area (Å²) in [6, 6.07) is 9.33. The van der Waals surface area contributed by atoms with Gasteiger partial charge in [0.15, 0.2) is 11.6 Å². The number of urea groups is 1. The third-order valence-electron chi connectivity index (χ3n) is 4.75. The SMILES string of the molecule is C[C@@H]1CN(c2ncccc2F)CCN1C(=O)Nc1ccc(C(C)(C)F)cc1. The van der Waals surface area contributed by atoms with Gasteiger partial charge in [-0.05, 0) is 50.6 Å². The Labute approximate surface area is 158 Å². The van der Waals surface area contributed by atoms with Crippen LogP contribution in [0.2, 0.25) is 0 Å². The van der Waals surface area contributed by atoms with Crippen LogP contribution in [0.25, 0.3) is 0 Å². The lowest BCUT2D eigenvalue weighted by Gasteiger charge is -2.40. The molecular weight excluding hydrogens is 350 g/mol. The summed E-state index contributed by atoms with van der Waals surface area (Å²) < 4.78 is 27.9. The molecule has 1 saturated heterocycles. The predicted octanol–water partition coefficient (Wildman–Crippen LogP) is 4.17. The van der Waals surface area contributed by atoms with E-state index in [1.54, 1.807) is 41.4 Å². The lowest BCUT2D eigenvalue weighted by molar-refractivity contribution is 0.184. The van der Waals surface area contributed by atoms with Crippen molar-refractivity contribution in [2.75, 3.05) is 29.9 Å². The van der Waals surface area contributed by atoms with E-state index in [1.165, 1.54) is 19.9 Å². The number of benzene rings is 1. The van der Waals surface area contributed by atoms with Gasteiger partial charge in [0.1, 0.15) is 5.67 Å². The predicted molar refractivity (Wildman–Crippen MR) is 102 cm³/mol. The van der Waals surface area contributed by atoms with Gasteiger partial charge in [0.2, 0.25) is 0 Å². The molecule has 3 rings (SSSR count). The van der Waals surface area contributed by atoms with Gasteiger partial charge in [-0.15, -0.1) is 0 Å². The molecule has 1 fully saturated rings. The molecule has 144 valence electrons. The summed E-state index contributed by atoms with van der Waals surface area (Å²) in [7, 11) is 0. The molecular formula is C20H24F2N4O. The maximum atomic E-state index is 13.9. The molecule has 1 aliphatic rings. The molecule has 2 aromatic rings. The van der Waals surface area contributed by atoms with Crippen LogP contribution >= 0.6 is 0 Å². The molecule has 0 saturated carbocycles. The highest BCUT2D eigenvalue weighted by Crippen LogP contribution is 2.26. The number of aromatic nitrogens is 1. The van der Waals surface area contributed by atoms with Crippen LogP contribution in [0.5, 0.6) is 0 Å². The number of anilines is 2. The lowest BCUT2D eigenvalue weighted by atomic mass is 10.0. The molecule has 0 spiro atoms. The number of nitrogens with one attached hydrogen (secondary N) is 1. The highest BCUT2D eigenvalue weighted by Gasteiger charge is 2.29. The first-order valence-electron chi connectivity index (χ1n) is 8.98. The molecule has 7 heteroatoms. The van der Waals surface area contributed by atoms with E-state index in [4.69, 9.17) is 0 Å². The molecule has 5 nitrogen and oxygen atoms in total. The largest absolute Gasteiger partial charge is 0.350 e. The summed E-state index contributed by atoms with van der Waals surface area (Å²) in [6.45, 7) is 6.36. The minimum absolute atomic E-state index is 0.107. The zero-order chi connectivity index (χ0) is 19.6. The minimum Gasteiger partial charge on any atom is -0.350 e. The number of nitrogens with zero attached hydrogens (tertiary/aromatic N) is 3. The van der Waals surface area contributed by atoms with Crippen molar-refractivity contribution in [2.24, 2.45) is 0 Å². The molecule has 0 radical (unpaired) electrons. The number of hydrogen-bond acceptors (Lipinski definition) is 3. The molecule has 1 atom stereocenters. The minimum atomic E-state index is -1.42. The lowest BCUT2D eigenvalue weighted by Crippen LogP contribution is -2.55. The smallest absolute Gasteiger partial charge is 0.322 e.